The first kappa shape index (κ1) is 26.9. The van der Waals surface area contributed by atoms with Gasteiger partial charge in [-0.2, -0.15) is 0 Å². The molecule has 0 fully saturated rings. The lowest BCUT2D eigenvalue weighted by atomic mass is 9.94. The minimum atomic E-state index is -1.84. The first-order valence-corrected chi connectivity index (χ1v) is 15.5. The van der Waals surface area contributed by atoms with E-state index in [2.05, 4.69) is 70.7 Å². The lowest BCUT2D eigenvalue weighted by Gasteiger charge is -2.34. The van der Waals surface area contributed by atoms with Gasteiger partial charge in [0.1, 0.15) is 6.10 Å². The summed E-state index contributed by atoms with van der Waals surface area (Å²) in [4.78, 5) is 12.7. The summed E-state index contributed by atoms with van der Waals surface area (Å²) in [5.74, 6) is -0.316. The van der Waals surface area contributed by atoms with Gasteiger partial charge in [-0.1, -0.05) is 88.0 Å². The van der Waals surface area contributed by atoms with E-state index in [0.717, 1.165) is 31.0 Å². The van der Waals surface area contributed by atoms with E-state index in [1.807, 2.05) is 18.2 Å². The van der Waals surface area contributed by atoms with Crippen LogP contribution in [-0.4, -0.2) is 26.5 Å². The number of fused-ring (bicyclic) bond motifs is 1. The van der Waals surface area contributed by atoms with Crippen molar-refractivity contribution >= 4 is 25.1 Å². The minimum absolute atomic E-state index is 0.00598. The van der Waals surface area contributed by atoms with Crippen molar-refractivity contribution < 1.29 is 14.0 Å². The van der Waals surface area contributed by atoms with Gasteiger partial charge in [-0.3, -0.25) is 0 Å². The maximum Gasteiger partial charge on any atom is 0.338 e. The summed E-state index contributed by atoms with van der Waals surface area (Å²) >= 11 is 0. The highest BCUT2D eigenvalue weighted by atomic mass is 28.4. The molecule has 3 aromatic rings. The van der Waals surface area contributed by atoms with E-state index >= 15 is 0 Å². The maximum absolute atomic E-state index is 12.7. The molecule has 0 aromatic heterocycles. The Kier molecular flexibility index (Phi) is 9.88. The van der Waals surface area contributed by atoms with E-state index in [9.17, 15) is 4.79 Å². The molecule has 4 heteroatoms. The third kappa shape index (κ3) is 6.93. The number of carbonyl (C=O) groups excluding carboxylic acids is 1. The largest absolute Gasteiger partial charge is 0.454 e. The predicted octanol–water partition coefficient (Wildman–Crippen LogP) is 8.27. The van der Waals surface area contributed by atoms with Crippen LogP contribution in [0.3, 0.4) is 0 Å². The number of rotatable bonds is 13. The Labute approximate surface area is 212 Å². The van der Waals surface area contributed by atoms with E-state index in [0.29, 0.717) is 12.0 Å². The fraction of sp³-hybridized carbons (Fsp3) is 0.387. The molecule has 0 saturated carbocycles. The fourth-order valence-electron chi connectivity index (χ4n) is 4.89. The summed E-state index contributed by atoms with van der Waals surface area (Å²) in [6.45, 7) is 12.9. The van der Waals surface area contributed by atoms with E-state index in [-0.39, 0.29) is 12.1 Å². The number of ether oxygens (including phenoxy) is 1. The topological polar surface area (TPSA) is 35.5 Å². The zero-order valence-electron chi connectivity index (χ0n) is 21.8. The molecule has 0 bridgehead atoms. The maximum atomic E-state index is 12.7. The quantitative estimate of drug-likeness (QED) is 0.138. The monoisotopic (exact) mass is 488 g/mol. The number of carbonyl (C=O) groups is 1. The zero-order valence-corrected chi connectivity index (χ0v) is 22.8. The van der Waals surface area contributed by atoms with Crippen LogP contribution in [0, 0.1) is 6.92 Å². The molecule has 0 aliphatic carbocycles. The van der Waals surface area contributed by atoms with Crippen LogP contribution in [0.4, 0.5) is 0 Å². The molecular formula is C31H40O3Si. The Morgan fingerprint density at radius 3 is 2.26 bits per heavy atom. The van der Waals surface area contributed by atoms with E-state index < -0.39 is 14.4 Å². The molecule has 0 heterocycles. The van der Waals surface area contributed by atoms with Gasteiger partial charge < -0.3 is 9.16 Å². The zero-order chi connectivity index (χ0) is 25.3. The number of hydrogen-bond acceptors (Lipinski definition) is 3. The highest BCUT2D eigenvalue weighted by Gasteiger charge is 2.33. The average Bonchev–Trinajstić information content (AvgIpc) is 2.91. The molecule has 0 aliphatic heterocycles. The summed E-state index contributed by atoms with van der Waals surface area (Å²) in [7, 11) is -1.84. The van der Waals surface area contributed by atoms with Gasteiger partial charge in [0, 0.05) is 12.5 Å². The minimum Gasteiger partial charge on any atom is -0.454 e. The summed E-state index contributed by atoms with van der Waals surface area (Å²) in [5.41, 5.74) is 3.25. The average molecular weight is 489 g/mol. The third-order valence-electron chi connectivity index (χ3n) is 7.37. The first-order chi connectivity index (χ1) is 16.9. The van der Waals surface area contributed by atoms with Gasteiger partial charge in [0.05, 0.1) is 5.56 Å². The van der Waals surface area contributed by atoms with Crippen molar-refractivity contribution in [2.24, 2.45) is 0 Å². The van der Waals surface area contributed by atoms with Crippen LogP contribution in [0.15, 0.2) is 79.4 Å². The molecule has 35 heavy (non-hydrogen) atoms. The van der Waals surface area contributed by atoms with Crippen molar-refractivity contribution in [3.63, 3.8) is 0 Å². The van der Waals surface area contributed by atoms with E-state index in [4.69, 9.17) is 9.16 Å². The van der Waals surface area contributed by atoms with Crippen molar-refractivity contribution in [1.82, 2.24) is 0 Å². The standard InChI is InChI=1S/C31H40O3Si/c1-6-27(33-31(32)26-16-11-10-12-17-26)23-28(34-35(7-2,8-3)9-4)21-22-29-24(5)19-20-25-15-13-14-18-30(25)29/h6,10-20,27-28H,1,7-9,21-23H2,2-5H3/t27-,28+/m0/s1. The highest BCUT2D eigenvalue weighted by molar-refractivity contribution is 6.73. The second-order valence-electron chi connectivity index (χ2n) is 9.39. The molecule has 0 unspecified atom stereocenters. The van der Waals surface area contributed by atoms with Crippen LogP contribution in [0.25, 0.3) is 10.8 Å². The Morgan fingerprint density at radius 1 is 0.943 bits per heavy atom. The normalized spacial score (nSPS) is 13.4. The number of hydrogen-bond donors (Lipinski definition) is 0. The van der Waals surface area contributed by atoms with Crippen LogP contribution in [0.1, 0.15) is 55.1 Å². The molecule has 3 aromatic carbocycles. The van der Waals surface area contributed by atoms with Crippen LogP contribution in [0.5, 0.6) is 0 Å². The summed E-state index contributed by atoms with van der Waals surface area (Å²) in [5, 5.41) is 2.58. The summed E-state index contributed by atoms with van der Waals surface area (Å²) in [6.07, 6.45) is 3.80. The lowest BCUT2D eigenvalue weighted by Crippen LogP contribution is -2.41. The van der Waals surface area contributed by atoms with Crippen molar-refractivity contribution in [3.05, 3.63) is 96.1 Å². The van der Waals surface area contributed by atoms with Gasteiger partial charge in [-0.05, 0) is 71.9 Å². The van der Waals surface area contributed by atoms with Crippen LogP contribution < -0.4 is 0 Å². The summed E-state index contributed by atoms with van der Waals surface area (Å²) in [6, 6.07) is 25.4. The molecule has 0 radical (unpaired) electrons. The Balaban J connectivity index is 1.81. The smallest absolute Gasteiger partial charge is 0.338 e. The van der Waals surface area contributed by atoms with E-state index in [1.54, 1.807) is 18.2 Å². The molecule has 0 aliphatic rings. The number of esters is 1. The Bertz CT molecular complexity index is 1100. The molecule has 186 valence electrons. The second-order valence-corrected chi connectivity index (χ2v) is 14.1. The molecule has 0 amide bonds. The Morgan fingerprint density at radius 2 is 1.60 bits per heavy atom. The van der Waals surface area contributed by atoms with Gasteiger partial charge >= 0.3 is 5.97 Å². The number of aryl methyl sites for hydroxylation is 2. The molecule has 0 N–H and O–H groups in total. The number of benzene rings is 3. The molecule has 0 spiro atoms. The van der Waals surface area contributed by atoms with Crippen LogP contribution >= 0.6 is 0 Å². The molecular weight excluding hydrogens is 448 g/mol. The summed E-state index contributed by atoms with van der Waals surface area (Å²) < 4.78 is 12.8. The lowest BCUT2D eigenvalue weighted by molar-refractivity contribution is 0.0280. The first-order valence-electron chi connectivity index (χ1n) is 13.0. The SMILES string of the molecule is C=C[C@@H](C[C@@H](CCc1c(C)ccc2ccccc12)O[Si](CC)(CC)CC)OC(=O)c1ccccc1. The van der Waals surface area contributed by atoms with Gasteiger partial charge in [-0.25, -0.2) is 4.79 Å². The molecule has 0 saturated heterocycles. The molecule has 3 nitrogen and oxygen atoms in total. The molecule has 2 atom stereocenters. The third-order valence-corrected chi connectivity index (χ3v) is 12.1. The van der Waals surface area contributed by atoms with Crippen molar-refractivity contribution in [2.75, 3.05) is 0 Å². The second kappa shape index (κ2) is 12.8. The van der Waals surface area contributed by atoms with Gasteiger partial charge in [0.15, 0.2) is 8.32 Å². The van der Waals surface area contributed by atoms with Crippen molar-refractivity contribution in [1.29, 1.82) is 0 Å². The highest BCUT2D eigenvalue weighted by Crippen LogP contribution is 2.29. The van der Waals surface area contributed by atoms with Crippen molar-refractivity contribution in [3.8, 4) is 0 Å². The van der Waals surface area contributed by atoms with Gasteiger partial charge in [-0.15, -0.1) is 0 Å². The van der Waals surface area contributed by atoms with Crippen molar-refractivity contribution in [2.45, 2.75) is 77.3 Å². The molecule has 3 rings (SSSR count). The fourth-order valence-corrected chi connectivity index (χ4v) is 7.81. The van der Waals surface area contributed by atoms with Gasteiger partial charge in [0.2, 0.25) is 0 Å². The van der Waals surface area contributed by atoms with Crippen LogP contribution in [0.2, 0.25) is 18.1 Å². The van der Waals surface area contributed by atoms with E-state index in [1.165, 1.54) is 21.9 Å². The predicted molar refractivity (Wildman–Crippen MR) is 150 cm³/mol. The van der Waals surface area contributed by atoms with Crippen LogP contribution in [-0.2, 0) is 15.6 Å². The van der Waals surface area contributed by atoms with Gasteiger partial charge in [0.25, 0.3) is 0 Å². The Hall–Kier alpha value is -2.69.